The highest BCUT2D eigenvalue weighted by molar-refractivity contribution is 5.72. The van der Waals surface area contributed by atoms with E-state index in [2.05, 4.69) is 4.74 Å². The van der Waals surface area contributed by atoms with Crippen LogP contribution in [0.1, 0.15) is 30.0 Å². The van der Waals surface area contributed by atoms with Crippen molar-refractivity contribution in [3.8, 4) is 0 Å². The zero-order valence-corrected chi connectivity index (χ0v) is 11.7. The van der Waals surface area contributed by atoms with E-state index in [1.165, 1.54) is 7.11 Å². The maximum Gasteiger partial charge on any atom is 0.309 e. The molecule has 0 bridgehead atoms. The molecular weight excluding hydrogens is 244 g/mol. The Hall–Kier alpha value is -1.84. The number of aryl methyl sites for hydroxylation is 2. The molecule has 0 unspecified atom stereocenters. The molecule has 1 aromatic carbocycles. The number of carbonyl (C=O) groups excluding carboxylic acids is 2. The molecule has 0 N–H and O–H groups in total. The molecule has 104 valence electrons. The molecule has 0 aliphatic carbocycles. The molecule has 19 heavy (non-hydrogen) atoms. The SMILES string of the molecule is CCOC(=O)CCc1ccc(CC(=O)OC)cc1C. The Morgan fingerprint density at radius 1 is 1.21 bits per heavy atom. The Morgan fingerprint density at radius 2 is 1.95 bits per heavy atom. The maximum absolute atomic E-state index is 11.3. The highest BCUT2D eigenvalue weighted by atomic mass is 16.5. The summed E-state index contributed by atoms with van der Waals surface area (Å²) in [6.45, 7) is 4.18. The van der Waals surface area contributed by atoms with Crippen molar-refractivity contribution in [1.82, 2.24) is 0 Å². The van der Waals surface area contributed by atoms with Gasteiger partial charge in [-0.25, -0.2) is 0 Å². The van der Waals surface area contributed by atoms with Crippen LogP contribution in [0.15, 0.2) is 18.2 Å². The van der Waals surface area contributed by atoms with Gasteiger partial charge in [0.2, 0.25) is 0 Å². The van der Waals surface area contributed by atoms with Gasteiger partial charge >= 0.3 is 11.9 Å². The first kappa shape index (κ1) is 15.2. The van der Waals surface area contributed by atoms with Crippen LogP contribution in [0, 0.1) is 6.92 Å². The highest BCUT2D eigenvalue weighted by Crippen LogP contribution is 2.14. The first-order chi connectivity index (χ1) is 9.06. The highest BCUT2D eigenvalue weighted by Gasteiger charge is 2.07. The second-order valence-corrected chi connectivity index (χ2v) is 4.32. The fourth-order valence-corrected chi connectivity index (χ4v) is 1.86. The van der Waals surface area contributed by atoms with Crippen molar-refractivity contribution in [2.75, 3.05) is 13.7 Å². The van der Waals surface area contributed by atoms with Crippen LogP contribution < -0.4 is 0 Å². The normalized spacial score (nSPS) is 10.1. The quantitative estimate of drug-likeness (QED) is 0.739. The molecule has 0 atom stereocenters. The van der Waals surface area contributed by atoms with Crippen molar-refractivity contribution in [2.24, 2.45) is 0 Å². The maximum atomic E-state index is 11.3. The lowest BCUT2D eigenvalue weighted by molar-refractivity contribution is -0.143. The molecule has 4 nitrogen and oxygen atoms in total. The molecule has 0 fully saturated rings. The van der Waals surface area contributed by atoms with Crippen LogP contribution in [0.25, 0.3) is 0 Å². The number of methoxy groups -OCH3 is 1. The minimum Gasteiger partial charge on any atom is -0.469 e. The van der Waals surface area contributed by atoms with Gasteiger partial charge in [0.25, 0.3) is 0 Å². The third kappa shape index (κ3) is 5.12. The number of ether oxygens (including phenoxy) is 2. The monoisotopic (exact) mass is 264 g/mol. The number of hydrogen-bond donors (Lipinski definition) is 0. The van der Waals surface area contributed by atoms with Gasteiger partial charge in [0.15, 0.2) is 0 Å². The van der Waals surface area contributed by atoms with Gasteiger partial charge in [0, 0.05) is 6.42 Å². The first-order valence-corrected chi connectivity index (χ1v) is 6.37. The summed E-state index contributed by atoms with van der Waals surface area (Å²) in [4.78, 5) is 22.5. The Bertz CT molecular complexity index is 451. The Morgan fingerprint density at radius 3 is 2.53 bits per heavy atom. The van der Waals surface area contributed by atoms with E-state index < -0.39 is 0 Å². The molecule has 0 saturated heterocycles. The molecule has 0 heterocycles. The van der Waals surface area contributed by atoms with Gasteiger partial charge in [-0.05, 0) is 37.0 Å². The minimum absolute atomic E-state index is 0.180. The zero-order valence-electron chi connectivity index (χ0n) is 11.7. The van der Waals surface area contributed by atoms with Crippen LogP contribution in [-0.2, 0) is 31.9 Å². The summed E-state index contributed by atoms with van der Waals surface area (Å²) in [6.07, 6.45) is 1.31. The van der Waals surface area contributed by atoms with E-state index in [9.17, 15) is 9.59 Å². The largest absolute Gasteiger partial charge is 0.469 e. The first-order valence-electron chi connectivity index (χ1n) is 6.37. The van der Waals surface area contributed by atoms with Crippen LogP contribution >= 0.6 is 0 Å². The summed E-state index contributed by atoms with van der Waals surface area (Å²) in [5, 5.41) is 0. The lowest BCUT2D eigenvalue weighted by Gasteiger charge is -2.08. The third-order valence-electron chi connectivity index (χ3n) is 2.89. The van der Waals surface area contributed by atoms with E-state index in [0.29, 0.717) is 19.4 Å². The number of carbonyl (C=O) groups is 2. The Balaban J connectivity index is 2.62. The second-order valence-electron chi connectivity index (χ2n) is 4.32. The summed E-state index contributed by atoms with van der Waals surface area (Å²) >= 11 is 0. The molecule has 0 aliphatic rings. The van der Waals surface area contributed by atoms with E-state index >= 15 is 0 Å². The predicted molar refractivity (Wildman–Crippen MR) is 71.9 cm³/mol. The Kier molecular flexibility index (Phi) is 6.06. The summed E-state index contributed by atoms with van der Waals surface area (Å²) in [6, 6.07) is 5.80. The van der Waals surface area contributed by atoms with Crippen LogP contribution in [0.3, 0.4) is 0 Å². The molecule has 1 rings (SSSR count). The molecular formula is C15H20O4. The van der Waals surface area contributed by atoms with Gasteiger partial charge in [-0.3, -0.25) is 9.59 Å². The van der Waals surface area contributed by atoms with Crippen LogP contribution in [-0.4, -0.2) is 25.7 Å². The van der Waals surface area contributed by atoms with Crippen LogP contribution in [0.4, 0.5) is 0 Å². The number of benzene rings is 1. The van der Waals surface area contributed by atoms with Gasteiger partial charge in [-0.15, -0.1) is 0 Å². The molecule has 0 aliphatic heterocycles. The van der Waals surface area contributed by atoms with E-state index in [1.54, 1.807) is 6.92 Å². The van der Waals surface area contributed by atoms with Gasteiger partial charge in [0.1, 0.15) is 0 Å². The average Bonchev–Trinajstić information content (AvgIpc) is 2.38. The van der Waals surface area contributed by atoms with Crippen molar-refractivity contribution >= 4 is 11.9 Å². The molecule has 1 aromatic rings. The van der Waals surface area contributed by atoms with Crippen LogP contribution in [0.5, 0.6) is 0 Å². The standard InChI is InChI=1S/C15H20O4/c1-4-19-14(16)8-7-13-6-5-12(9-11(13)2)10-15(17)18-3/h5-6,9H,4,7-8,10H2,1-3H3. The fourth-order valence-electron chi connectivity index (χ4n) is 1.86. The second kappa shape index (κ2) is 7.56. The van der Waals surface area contributed by atoms with E-state index in [0.717, 1.165) is 16.7 Å². The average molecular weight is 264 g/mol. The third-order valence-corrected chi connectivity index (χ3v) is 2.89. The Labute approximate surface area is 113 Å². The predicted octanol–water partition coefficient (Wildman–Crippen LogP) is 2.21. The van der Waals surface area contributed by atoms with Crippen molar-refractivity contribution in [3.05, 3.63) is 34.9 Å². The van der Waals surface area contributed by atoms with Gasteiger partial charge in [0.05, 0.1) is 20.1 Å². The topological polar surface area (TPSA) is 52.6 Å². The number of hydrogen-bond acceptors (Lipinski definition) is 4. The van der Waals surface area contributed by atoms with Crippen molar-refractivity contribution in [3.63, 3.8) is 0 Å². The van der Waals surface area contributed by atoms with E-state index in [-0.39, 0.29) is 18.4 Å². The minimum atomic E-state index is -0.251. The fraction of sp³-hybridized carbons (Fsp3) is 0.467. The summed E-state index contributed by atoms with van der Waals surface area (Å²) in [5.74, 6) is -0.431. The lowest BCUT2D eigenvalue weighted by atomic mass is 10.00. The van der Waals surface area contributed by atoms with Gasteiger partial charge < -0.3 is 9.47 Å². The van der Waals surface area contributed by atoms with Crippen LogP contribution in [0.2, 0.25) is 0 Å². The van der Waals surface area contributed by atoms with Crippen molar-refractivity contribution in [2.45, 2.75) is 33.1 Å². The van der Waals surface area contributed by atoms with Crippen molar-refractivity contribution in [1.29, 1.82) is 0 Å². The zero-order chi connectivity index (χ0) is 14.3. The number of esters is 2. The molecule has 0 aromatic heterocycles. The van der Waals surface area contributed by atoms with E-state index in [4.69, 9.17) is 4.74 Å². The van der Waals surface area contributed by atoms with Gasteiger partial charge in [-0.2, -0.15) is 0 Å². The summed E-state index contributed by atoms with van der Waals surface area (Å²) < 4.78 is 9.52. The summed E-state index contributed by atoms with van der Waals surface area (Å²) in [5.41, 5.74) is 3.09. The molecule has 4 heteroatoms. The van der Waals surface area contributed by atoms with Crippen molar-refractivity contribution < 1.29 is 19.1 Å². The lowest BCUT2D eigenvalue weighted by Crippen LogP contribution is -2.07. The smallest absolute Gasteiger partial charge is 0.309 e. The molecule has 0 amide bonds. The molecule has 0 radical (unpaired) electrons. The molecule has 0 saturated carbocycles. The van der Waals surface area contributed by atoms with E-state index in [1.807, 2.05) is 25.1 Å². The summed E-state index contributed by atoms with van der Waals surface area (Å²) in [7, 11) is 1.38. The molecule has 0 spiro atoms. The van der Waals surface area contributed by atoms with Gasteiger partial charge in [-0.1, -0.05) is 18.2 Å². The number of rotatable bonds is 6.